The van der Waals surface area contributed by atoms with Gasteiger partial charge < -0.3 is 9.80 Å². The van der Waals surface area contributed by atoms with Gasteiger partial charge in [0.25, 0.3) is 0 Å². The van der Waals surface area contributed by atoms with Crippen LogP contribution in [0.15, 0.2) is 24.8 Å². The molecule has 7 heteroatoms. The van der Waals surface area contributed by atoms with Gasteiger partial charge in [-0.05, 0) is 26.3 Å². The van der Waals surface area contributed by atoms with Gasteiger partial charge in [0.1, 0.15) is 23.8 Å². The SMILES string of the molecule is CCc1c(C)ncnc1N1CCN(c2nc(C)nc3cnccc23)CC1. The summed E-state index contributed by atoms with van der Waals surface area (Å²) in [6.45, 7) is 9.79. The van der Waals surface area contributed by atoms with Crippen LogP contribution in [0.3, 0.4) is 0 Å². The van der Waals surface area contributed by atoms with Crippen LogP contribution in [0.25, 0.3) is 10.9 Å². The monoisotopic (exact) mass is 349 g/mol. The first kappa shape index (κ1) is 16.6. The van der Waals surface area contributed by atoms with Gasteiger partial charge in [0.15, 0.2) is 0 Å². The molecule has 0 spiro atoms. The van der Waals surface area contributed by atoms with E-state index in [2.05, 4.69) is 43.6 Å². The Morgan fingerprint density at radius 1 is 0.962 bits per heavy atom. The minimum Gasteiger partial charge on any atom is -0.353 e. The zero-order valence-corrected chi connectivity index (χ0v) is 15.5. The van der Waals surface area contributed by atoms with Gasteiger partial charge in [0, 0.05) is 49.0 Å². The van der Waals surface area contributed by atoms with Crippen molar-refractivity contribution < 1.29 is 0 Å². The number of aryl methyl sites for hydroxylation is 2. The number of hydrogen-bond donors (Lipinski definition) is 0. The Labute approximate surface area is 153 Å². The van der Waals surface area contributed by atoms with Gasteiger partial charge in [0.05, 0.1) is 11.7 Å². The molecule has 1 saturated heterocycles. The summed E-state index contributed by atoms with van der Waals surface area (Å²) in [5, 5.41) is 1.06. The molecule has 7 nitrogen and oxygen atoms in total. The normalized spacial score (nSPS) is 14.9. The number of fused-ring (bicyclic) bond motifs is 1. The minimum atomic E-state index is 0.780. The van der Waals surface area contributed by atoms with E-state index in [9.17, 15) is 0 Å². The molecule has 0 N–H and O–H groups in total. The summed E-state index contributed by atoms with van der Waals surface area (Å²) in [6, 6.07) is 2.00. The molecule has 1 aliphatic rings. The van der Waals surface area contributed by atoms with E-state index in [1.165, 1.54) is 5.56 Å². The fourth-order valence-corrected chi connectivity index (χ4v) is 3.62. The fourth-order valence-electron chi connectivity index (χ4n) is 3.62. The number of piperazine rings is 1. The average molecular weight is 349 g/mol. The maximum atomic E-state index is 4.71. The first-order valence-corrected chi connectivity index (χ1v) is 9.06. The van der Waals surface area contributed by atoms with Crippen molar-refractivity contribution in [3.05, 3.63) is 41.9 Å². The summed E-state index contributed by atoms with van der Waals surface area (Å²) in [5.74, 6) is 2.86. The molecule has 0 aliphatic carbocycles. The standard InChI is InChI=1S/C19H23N7/c1-4-15-13(2)21-12-22-18(15)25-7-9-26(10-8-25)19-16-5-6-20-11-17(16)23-14(3)24-19/h5-6,11-12H,4,7-10H2,1-3H3. The van der Waals surface area contributed by atoms with E-state index in [0.29, 0.717) is 0 Å². The summed E-state index contributed by atoms with van der Waals surface area (Å²) in [7, 11) is 0. The second-order valence-corrected chi connectivity index (χ2v) is 6.58. The zero-order chi connectivity index (χ0) is 18.1. The highest BCUT2D eigenvalue weighted by Crippen LogP contribution is 2.26. The second kappa shape index (κ2) is 6.82. The molecule has 134 valence electrons. The fraction of sp³-hybridized carbons (Fsp3) is 0.421. The van der Waals surface area contributed by atoms with Crippen molar-refractivity contribution in [1.82, 2.24) is 24.9 Å². The number of rotatable bonds is 3. The van der Waals surface area contributed by atoms with Gasteiger partial charge >= 0.3 is 0 Å². The van der Waals surface area contributed by atoms with Crippen LogP contribution in [0.4, 0.5) is 11.6 Å². The minimum absolute atomic E-state index is 0.780. The largest absolute Gasteiger partial charge is 0.353 e. The highest BCUT2D eigenvalue weighted by atomic mass is 15.3. The molecule has 0 radical (unpaired) electrons. The van der Waals surface area contributed by atoms with Crippen LogP contribution in [0, 0.1) is 13.8 Å². The van der Waals surface area contributed by atoms with Crippen LogP contribution in [0.1, 0.15) is 24.0 Å². The second-order valence-electron chi connectivity index (χ2n) is 6.58. The third-order valence-electron chi connectivity index (χ3n) is 4.96. The summed E-state index contributed by atoms with van der Waals surface area (Å²) in [5.41, 5.74) is 3.22. The Bertz CT molecular complexity index is 932. The van der Waals surface area contributed by atoms with Crippen molar-refractivity contribution >= 4 is 22.5 Å². The van der Waals surface area contributed by atoms with Crippen molar-refractivity contribution in [2.24, 2.45) is 0 Å². The topological polar surface area (TPSA) is 70.9 Å². The lowest BCUT2D eigenvalue weighted by Crippen LogP contribution is -2.47. The Balaban J connectivity index is 1.59. The number of pyridine rings is 1. The average Bonchev–Trinajstić information content (AvgIpc) is 2.67. The van der Waals surface area contributed by atoms with Crippen molar-refractivity contribution in [2.75, 3.05) is 36.0 Å². The number of anilines is 2. The first-order chi connectivity index (χ1) is 12.7. The molecule has 0 saturated carbocycles. The van der Waals surface area contributed by atoms with E-state index >= 15 is 0 Å². The smallest absolute Gasteiger partial charge is 0.140 e. The van der Waals surface area contributed by atoms with Crippen LogP contribution in [-0.4, -0.2) is 51.1 Å². The molecule has 1 aliphatic heterocycles. The molecule has 3 aromatic heterocycles. The Morgan fingerprint density at radius 2 is 1.69 bits per heavy atom. The maximum absolute atomic E-state index is 4.71. The molecular weight excluding hydrogens is 326 g/mol. The molecule has 0 bridgehead atoms. The number of aromatic nitrogens is 5. The van der Waals surface area contributed by atoms with Gasteiger partial charge in [-0.3, -0.25) is 4.98 Å². The Morgan fingerprint density at radius 3 is 2.42 bits per heavy atom. The number of hydrogen-bond acceptors (Lipinski definition) is 7. The summed E-state index contributed by atoms with van der Waals surface area (Å²) >= 11 is 0. The van der Waals surface area contributed by atoms with Crippen LogP contribution in [0.2, 0.25) is 0 Å². The lowest BCUT2D eigenvalue weighted by Gasteiger charge is -2.37. The van der Waals surface area contributed by atoms with E-state index < -0.39 is 0 Å². The summed E-state index contributed by atoms with van der Waals surface area (Å²) in [4.78, 5) is 27.0. The van der Waals surface area contributed by atoms with E-state index in [4.69, 9.17) is 4.98 Å². The van der Waals surface area contributed by atoms with Gasteiger partial charge in [0.2, 0.25) is 0 Å². The highest BCUT2D eigenvalue weighted by molar-refractivity contribution is 5.88. The summed E-state index contributed by atoms with van der Waals surface area (Å²) < 4.78 is 0. The van der Waals surface area contributed by atoms with Gasteiger partial charge in [-0.25, -0.2) is 19.9 Å². The van der Waals surface area contributed by atoms with Crippen LogP contribution < -0.4 is 9.80 Å². The molecule has 0 unspecified atom stereocenters. The first-order valence-electron chi connectivity index (χ1n) is 9.06. The molecule has 1 fully saturated rings. The van der Waals surface area contributed by atoms with Crippen LogP contribution in [0.5, 0.6) is 0 Å². The van der Waals surface area contributed by atoms with Crippen molar-refractivity contribution in [3.63, 3.8) is 0 Å². The molecule has 0 amide bonds. The molecule has 0 aromatic carbocycles. The van der Waals surface area contributed by atoms with Crippen LogP contribution >= 0.6 is 0 Å². The summed E-state index contributed by atoms with van der Waals surface area (Å²) in [6.07, 6.45) is 6.23. The van der Waals surface area contributed by atoms with Crippen LogP contribution in [-0.2, 0) is 6.42 Å². The highest BCUT2D eigenvalue weighted by Gasteiger charge is 2.23. The maximum Gasteiger partial charge on any atom is 0.140 e. The molecule has 26 heavy (non-hydrogen) atoms. The third-order valence-corrected chi connectivity index (χ3v) is 4.96. The van der Waals surface area contributed by atoms with Crippen molar-refractivity contribution in [2.45, 2.75) is 27.2 Å². The third kappa shape index (κ3) is 2.94. The predicted molar refractivity (Wildman–Crippen MR) is 103 cm³/mol. The molecule has 4 heterocycles. The van der Waals surface area contributed by atoms with E-state index in [1.807, 2.05) is 13.0 Å². The molecular formula is C19H23N7. The van der Waals surface area contributed by atoms with Gasteiger partial charge in [-0.2, -0.15) is 0 Å². The lowest BCUT2D eigenvalue weighted by molar-refractivity contribution is 0.638. The number of nitrogens with zero attached hydrogens (tertiary/aromatic N) is 7. The molecule has 0 atom stereocenters. The van der Waals surface area contributed by atoms with E-state index in [1.54, 1.807) is 18.7 Å². The van der Waals surface area contributed by atoms with E-state index in [0.717, 1.165) is 66.7 Å². The lowest BCUT2D eigenvalue weighted by atomic mass is 10.1. The van der Waals surface area contributed by atoms with Crippen molar-refractivity contribution in [1.29, 1.82) is 0 Å². The Hall–Kier alpha value is -2.83. The van der Waals surface area contributed by atoms with Crippen molar-refractivity contribution in [3.8, 4) is 0 Å². The van der Waals surface area contributed by atoms with Gasteiger partial charge in [-0.15, -0.1) is 0 Å². The zero-order valence-electron chi connectivity index (χ0n) is 15.5. The van der Waals surface area contributed by atoms with E-state index in [-0.39, 0.29) is 0 Å². The van der Waals surface area contributed by atoms with Gasteiger partial charge in [-0.1, -0.05) is 6.92 Å². The molecule has 3 aromatic rings. The predicted octanol–water partition coefficient (Wildman–Crippen LogP) is 2.32. The molecule has 4 rings (SSSR count). The quantitative estimate of drug-likeness (QED) is 0.718. The Kier molecular flexibility index (Phi) is 4.36.